The summed E-state index contributed by atoms with van der Waals surface area (Å²) in [5, 5.41) is 5.07. The Bertz CT molecular complexity index is 418. The van der Waals surface area contributed by atoms with Crippen LogP contribution < -0.4 is 10.6 Å². The fourth-order valence-corrected chi connectivity index (χ4v) is 1.17. The van der Waals surface area contributed by atoms with Gasteiger partial charge in [-0.3, -0.25) is 9.59 Å². The van der Waals surface area contributed by atoms with Crippen LogP contribution in [0.1, 0.15) is 25.8 Å². The van der Waals surface area contributed by atoms with Crippen LogP contribution in [0.25, 0.3) is 0 Å². The summed E-state index contributed by atoms with van der Waals surface area (Å²) in [7, 11) is 0. The molecule has 17 heavy (non-hydrogen) atoms. The molecule has 1 aromatic rings. The molecule has 0 aromatic carbocycles. The topological polar surface area (TPSA) is 71.1 Å². The number of aryl methyl sites for hydroxylation is 1. The van der Waals surface area contributed by atoms with Crippen molar-refractivity contribution in [3.63, 3.8) is 0 Å². The van der Waals surface area contributed by atoms with Crippen LogP contribution >= 0.6 is 0 Å². The number of anilines is 1. The van der Waals surface area contributed by atoms with Crippen LogP contribution in [0.4, 0.5) is 5.82 Å². The molecule has 0 radical (unpaired) electrons. The molecule has 0 aliphatic rings. The first-order chi connectivity index (χ1) is 8.04. The highest BCUT2D eigenvalue weighted by Gasteiger charge is 2.16. The number of pyridine rings is 1. The average molecular weight is 235 g/mol. The quantitative estimate of drug-likeness (QED) is 0.774. The first-order valence-electron chi connectivity index (χ1n) is 5.58. The third-order valence-electron chi connectivity index (χ3n) is 2.44. The van der Waals surface area contributed by atoms with Gasteiger partial charge in [0.2, 0.25) is 0 Å². The van der Waals surface area contributed by atoms with E-state index in [9.17, 15) is 9.59 Å². The number of nitrogens with zero attached hydrogens (tertiary/aromatic N) is 1. The van der Waals surface area contributed by atoms with E-state index >= 15 is 0 Å². The molecule has 1 unspecified atom stereocenters. The van der Waals surface area contributed by atoms with Gasteiger partial charge >= 0.3 is 11.8 Å². The molecule has 2 N–H and O–H groups in total. The van der Waals surface area contributed by atoms with E-state index in [2.05, 4.69) is 15.6 Å². The Morgan fingerprint density at radius 2 is 2.12 bits per heavy atom. The highest BCUT2D eigenvalue weighted by atomic mass is 16.2. The number of carbonyl (C=O) groups is 2. The van der Waals surface area contributed by atoms with Gasteiger partial charge in [0.25, 0.3) is 0 Å². The van der Waals surface area contributed by atoms with E-state index in [1.54, 1.807) is 12.3 Å². The second-order valence-corrected chi connectivity index (χ2v) is 3.91. The zero-order chi connectivity index (χ0) is 12.8. The summed E-state index contributed by atoms with van der Waals surface area (Å²) in [4.78, 5) is 27.0. The predicted molar refractivity (Wildman–Crippen MR) is 65.5 cm³/mol. The van der Waals surface area contributed by atoms with Gasteiger partial charge in [-0.2, -0.15) is 0 Å². The Morgan fingerprint density at radius 3 is 2.71 bits per heavy atom. The van der Waals surface area contributed by atoms with Crippen molar-refractivity contribution in [2.24, 2.45) is 0 Å². The lowest BCUT2D eigenvalue weighted by Gasteiger charge is -2.11. The second kappa shape index (κ2) is 5.98. The molecular weight excluding hydrogens is 218 g/mol. The molecule has 0 aliphatic heterocycles. The van der Waals surface area contributed by atoms with E-state index in [0.29, 0.717) is 5.82 Å². The van der Waals surface area contributed by atoms with E-state index in [4.69, 9.17) is 0 Å². The Morgan fingerprint density at radius 1 is 1.41 bits per heavy atom. The van der Waals surface area contributed by atoms with Gasteiger partial charge in [-0.05, 0) is 31.9 Å². The maximum absolute atomic E-state index is 11.6. The van der Waals surface area contributed by atoms with Crippen LogP contribution in [0, 0.1) is 6.92 Å². The first kappa shape index (κ1) is 13.2. The van der Waals surface area contributed by atoms with Gasteiger partial charge < -0.3 is 10.6 Å². The maximum Gasteiger partial charge on any atom is 0.314 e. The van der Waals surface area contributed by atoms with Gasteiger partial charge in [0.05, 0.1) is 0 Å². The third kappa shape index (κ3) is 3.86. The minimum atomic E-state index is -0.688. The third-order valence-corrected chi connectivity index (χ3v) is 2.44. The van der Waals surface area contributed by atoms with Crippen molar-refractivity contribution in [3.8, 4) is 0 Å². The fourth-order valence-electron chi connectivity index (χ4n) is 1.17. The summed E-state index contributed by atoms with van der Waals surface area (Å²) in [5.74, 6) is -0.909. The molecular formula is C12H17N3O2. The molecule has 0 fully saturated rings. The van der Waals surface area contributed by atoms with Crippen LogP contribution in [-0.4, -0.2) is 22.8 Å². The van der Waals surface area contributed by atoms with Crippen molar-refractivity contribution in [1.82, 2.24) is 10.3 Å². The van der Waals surface area contributed by atoms with E-state index in [1.165, 1.54) is 0 Å². The Labute approximate surface area is 101 Å². The molecule has 0 saturated carbocycles. The molecule has 0 bridgehead atoms. The minimum absolute atomic E-state index is 0.0157. The van der Waals surface area contributed by atoms with Crippen LogP contribution in [0.2, 0.25) is 0 Å². The number of hydrogen-bond donors (Lipinski definition) is 2. The minimum Gasteiger partial charge on any atom is -0.345 e. The molecule has 1 aromatic heterocycles. The summed E-state index contributed by atoms with van der Waals surface area (Å²) in [5.41, 5.74) is 0.817. The second-order valence-electron chi connectivity index (χ2n) is 3.91. The highest BCUT2D eigenvalue weighted by molar-refractivity contribution is 6.39. The molecule has 0 aliphatic carbocycles. The highest BCUT2D eigenvalue weighted by Crippen LogP contribution is 2.08. The number of carbonyl (C=O) groups excluding carboxylic acids is 2. The van der Waals surface area contributed by atoms with Crippen LogP contribution in [0.15, 0.2) is 18.3 Å². The molecule has 5 heteroatoms. The van der Waals surface area contributed by atoms with Crippen LogP contribution in [0.3, 0.4) is 0 Å². The van der Waals surface area contributed by atoms with Crippen molar-refractivity contribution in [3.05, 3.63) is 23.9 Å². The van der Waals surface area contributed by atoms with E-state index in [1.807, 2.05) is 26.8 Å². The first-order valence-corrected chi connectivity index (χ1v) is 5.58. The van der Waals surface area contributed by atoms with E-state index in [-0.39, 0.29) is 6.04 Å². The molecule has 92 valence electrons. The van der Waals surface area contributed by atoms with Gasteiger partial charge in [-0.25, -0.2) is 4.98 Å². The van der Waals surface area contributed by atoms with E-state index in [0.717, 1.165) is 12.0 Å². The number of amides is 2. The molecule has 0 saturated heterocycles. The Balaban J connectivity index is 2.61. The van der Waals surface area contributed by atoms with Gasteiger partial charge in [-0.1, -0.05) is 13.0 Å². The SMILES string of the molecule is CCC(C)NC(=O)C(=O)Nc1ncccc1C. The Hall–Kier alpha value is -1.91. The van der Waals surface area contributed by atoms with Crippen molar-refractivity contribution >= 4 is 17.6 Å². The lowest BCUT2D eigenvalue weighted by Crippen LogP contribution is -2.40. The summed E-state index contributed by atoms with van der Waals surface area (Å²) < 4.78 is 0. The van der Waals surface area contributed by atoms with E-state index < -0.39 is 11.8 Å². The Kier molecular flexibility index (Phi) is 4.63. The number of hydrogen-bond acceptors (Lipinski definition) is 3. The van der Waals surface area contributed by atoms with Crippen LogP contribution in [0.5, 0.6) is 0 Å². The summed E-state index contributed by atoms with van der Waals surface area (Å²) in [6, 6.07) is 3.57. The zero-order valence-electron chi connectivity index (χ0n) is 10.3. The lowest BCUT2D eigenvalue weighted by atomic mass is 10.2. The number of rotatable bonds is 3. The number of nitrogens with one attached hydrogen (secondary N) is 2. The normalized spacial score (nSPS) is 11.7. The summed E-state index contributed by atoms with van der Waals surface area (Å²) in [6.07, 6.45) is 2.34. The molecule has 1 rings (SSSR count). The van der Waals surface area contributed by atoms with Gasteiger partial charge in [0.1, 0.15) is 5.82 Å². The van der Waals surface area contributed by atoms with Gasteiger partial charge in [0.15, 0.2) is 0 Å². The maximum atomic E-state index is 11.6. The van der Waals surface area contributed by atoms with Crippen molar-refractivity contribution in [2.45, 2.75) is 33.2 Å². The molecule has 0 spiro atoms. The zero-order valence-corrected chi connectivity index (χ0v) is 10.3. The van der Waals surface area contributed by atoms with Crippen molar-refractivity contribution in [1.29, 1.82) is 0 Å². The van der Waals surface area contributed by atoms with Crippen LogP contribution in [-0.2, 0) is 9.59 Å². The smallest absolute Gasteiger partial charge is 0.314 e. The largest absolute Gasteiger partial charge is 0.345 e. The molecule has 5 nitrogen and oxygen atoms in total. The molecule has 1 heterocycles. The summed E-state index contributed by atoms with van der Waals surface area (Å²) >= 11 is 0. The summed E-state index contributed by atoms with van der Waals surface area (Å²) in [6.45, 7) is 5.60. The molecule has 2 amide bonds. The van der Waals surface area contributed by atoms with Crippen molar-refractivity contribution < 1.29 is 9.59 Å². The van der Waals surface area contributed by atoms with Gasteiger partial charge in [0, 0.05) is 12.2 Å². The fraction of sp³-hybridized carbons (Fsp3) is 0.417. The van der Waals surface area contributed by atoms with Crippen molar-refractivity contribution in [2.75, 3.05) is 5.32 Å². The standard InChI is InChI=1S/C12H17N3O2/c1-4-9(3)14-11(16)12(17)15-10-8(2)6-5-7-13-10/h5-7,9H,4H2,1-3H3,(H,14,16)(H,13,15,17). The molecule has 1 atom stereocenters. The lowest BCUT2D eigenvalue weighted by molar-refractivity contribution is -0.136. The average Bonchev–Trinajstić information content (AvgIpc) is 2.31. The monoisotopic (exact) mass is 235 g/mol. The van der Waals surface area contributed by atoms with Gasteiger partial charge in [-0.15, -0.1) is 0 Å². The predicted octanol–water partition coefficient (Wildman–Crippen LogP) is 1.24. The number of aromatic nitrogens is 1.